The summed E-state index contributed by atoms with van der Waals surface area (Å²) in [5, 5.41) is 9.00. The molecule has 7 heteroatoms. The van der Waals surface area contributed by atoms with Gasteiger partial charge in [-0.05, 0) is 12.8 Å². The molecule has 2 aliphatic rings. The molecule has 2 aliphatic heterocycles. The Labute approximate surface area is 164 Å². The van der Waals surface area contributed by atoms with E-state index in [1.165, 1.54) is 11.3 Å². The highest BCUT2D eigenvalue weighted by Gasteiger charge is 2.31. The Morgan fingerprint density at radius 3 is 2.79 bits per heavy atom. The standard InChI is InChI=1S/C21H24N6O/c1-25-18-9-11-26(21(28)16-7-12-27-19(13-16)22-14-23-27)10-8-17(18)20(24-25)15-5-3-2-4-6-15/h2-6,14,16H,7-13H2,1H3. The number of aryl methyl sites for hydroxylation is 2. The Morgan fingerprint density at radius 1 is 1.11 bits per heavy atom. The second-order valence-electron chi connectivity index (χ2n) is 7.68. The van der Waals surface area contributed by atoms with Gasteiger partial charge < -0.3 is 4.90 Å². The summed E-state index contributed by atoms with van der Waals surface area (Å²) in [7, 11) is 2.01. The fourth-order valence-corrected chi connectivity index (χ4v) is 4.53. The average molecular weight is 376 g/mol. The van der Waals surface area contributed by atoms with Crippen LogP contribution < -0.4 is 0 Å². The van der Waals surface area contributed by atoms with Crippen LogP contribution in [0.4, 0.5) is 0 Å². The van der Waals surface area contributed by atoms with E-state index in [-0.39, 0.29) is 11.8 Å². The van der Waals surface area contributed by atoms with Crippen LogP contribution in [-0.2, 0) is 37.6 Å². The number of carbonyl (C=O) groups excluding carboxylic acids is 1. The van der Waals surface area contributed by atoms with Crippen LogP contribution in [0.2, 0.25) is 0 Å². The second-order valence-corrected chi connectivity index (χ2v) is 7.68. The molecule has 4 heterocycles. The number of hydrogen-bond donors (Lipinski definition) is 0. The summed E-state index contributed by atoms with van der Waals surface area (Å²) >= 11 is 0. The Bertz CT molecular complexity index is 1010. The van der Waals surface area contributed by atoms with Crippen molar-refractivity contribution in [3.05, 3.63) is 53.7 Å². The van der Waals surface area contributed by atoms with Crippen molar-refractivity contribution in [1.29, 1.82) is 0 Å². The monoisotopic (exact) mass is 376 g/mol. The van der Waals surface area contributed by atoms with Gasteiger partial charge in [0.1, 0.15) is 12.2 Å². The third-order valence-electron chi connectivity index (χ3n) is 6.05. The van der Waals surface area contributed by atoms with Crippen molar-refractivity contribution < 1.29 is 4.79 Å². The molecule has 0 saturated heterocycles. The van der Waals surface area contributed by atoms with E-state index >= 15 is 0 Å². The second kappa shape index (κ2) is 6.89. The number of amides is 1. The lowest BCUT2D eigenvalue weighted by Crippen LogP contribution is -2.40. The molecule has 0 bridgehead atoms. The van der Waals surface area contributed by atoms with Gasteiger partial charge in [0.2, 0.25) is 5.91 Å². The number of carbonyl (C=O) groups is 1. The van der Waals surface area contributed by atoms with Crippen molar-refractivity contribution in [3.8, 4) is 11.3 Å². The molecular formula is C21H24N6O. The van der Waals surface area contributed by atoms with Crippen LogP contribution in [0.15, 0.2) is 36.7 Å². The van der Waals surface area contributed by atoms with Gasteiger partial charge in [0.15, 0.2) is 0 Å². The van der Waals surface area contributed by atoms with E-state index in [0.717, 1.165) is 56.0 Å². The summed E-state index contributed by atoms with van der Waals surface area (Å²) in [6.07, 6.45) is 4.82. The van der Waals surface area contributed by atoms with Crippen LogP contribution in [0.5, 0.6) is 0 Å². The average Bonchev–Trinajstić information content (AvgIpc) is 3.25. The highest BCUT2D eigenvalue weighted by Crippen LogP contribution is 2.29. The Balaban J connectivity index is 1.35. The fraction of sp³-hybridized carbons (Fsp3) is 0.429. The molecule has 1 atom stereocenters. The number of benzene rings is 1. The summed E-state index contributed by atoms with van der Waals surface area (Å²) < 4.78 is 3.91. The van der Waals surface area contributed by atoms with E-state index in [1.807, 2.05) is 39.5 Å². The molecule has 28 heavy (non-hydrogen) atoms. The van der Waals surface area contributed by atoms with Crippen molar-refractivity contribution in [1.82, 2.24) is 29.4 Å². The van der Waals surface area contributed by atoms with E-state index < -0.39 is 0 Å². The van der Waals surface area contributed by atoms with E-state index in [2.05, 4.69) is 22.2 Å². The van der Waals surface area contributed by atoms with Gasteiger partial charge in [0, 0.05) is 62.3 Å². The molecule has 1 amide bonds. The zero-order valence-corrected chi connectivity index (χ0v) is 16.1. The van der Waals surface area contributed by atoms with Crippen molar-refractivity contribution in [2.24, 2.45) is 13.0 Å². The largest absolute Gasteiger partial charge is 0.342 e. The van der Waals surface area contributed by atoms with Gasteiger partial charge in [0.05, 0.1) is 5.69 Å². The van der Waals surface area contributed by atoms with Gasteiger partial charge >= 0.3 is 0 Å². The predicted octanol–water partition coefficient (Wildman–Crippen LogP) is 1.87. The fourth-order valence-electron chi connectivity index (χ4n) is 4.53. The van der Waals surface area contributed by atoms with E-state index in [4.69, 9.17) is 5.10 Å². The Morgan fingerprint density at radius 2 is 1.93 bits per heavy atom. The minimum atomic E-state index is 0.0182. The van der Waals surface area contributed by atoms with Gasteiger partial charge in [-0.1, -0.05) is 30.3 Å². The molecule has 0 aliphatic carbocycles. The Hall–Kier alpha value is -2.96. The SMILES string of the molecule is Cn1nc(-c2ccccc2)c2c1CCN(C(=O)C1CCn3ncnc3C1)CC2. The van der Waals surface area contributed by atoms with Crippen LogP contribution in [0, 0.1) is 5.92 Å². The normalized spacial score (nSPS) is 19.0. The zero-order valence-electron chi connectivity index (χ0n) is 16.1. The topological polar surface area (TPSA) is 68.8 Å². The molecule has 0 spiro atoms. The van der Waals surface area contributed by atoms with Gasteiger partial charge in [-0.15, -0.1) is 0 Å². The van der Waals surface area contributed by atoms with Gasteiger partial charge in [0.25, 0.3) is 0 Å². The van der Waals surface area contributed by atoms with Gasteiger partial charge in [-0.3, -0.25) is 14.2 Å². The summed E-state index contributed by atoms with van der Waals surface area (Å²) in [5.41, 5.74) is 4.73. The highest BCUT2D eigenvalue weighted by atomic mass is 16.2. The number of nitrogens with zero attached hydrogens (tertiary/aromatic N) is 6. The van der Waals surface area contributed by atoms with E-state index in [0.29, 0.717) is 6.42 Å². The lowest BCUT2D eigenvalue weighted by atomic mass is 9.96. The molecule has 0 fully saturated rings. The maximum Gasteiger partial charge on any atom is 0.226 e. The van der Waals surface area contributed by atoms with Crippen molar-refractivity contribution >= 4 is 5.91 Å². The van der Waals surface area contributed by atoms with Crippen molar-refractivity contribution in [2.45, 2.75) is 32.2 Å². The molecule has 5 rings (SSSR count). The van der Waals surface area contributed by atoms with E-state index in [1.54, 1.807) is 6.33 Å². The Kier molecular flexibility index (Phi) is 4.22. The van der Waals surface area contributed by atoms with E-state index in [9.17, 15) is 4.79 Å². The molecule has 2 aromatic heterocycles. The molecular weight excluding hydrogens is 352 g/mol. The van der Waals surface area contributed by atoms with Crippen molar-refractivity contribution in [3.63, 3.8) is 0 Å². The predicted molar refractivity (Wildman–Crippen MR) is 104 cm³/mol. The molecule has 0 saturated carbocycles. The lowest BCUT2D eigenvalue weighted by molar-refractivity contribution is -0.136. The number of fused-ring (bicyclic) bond motifs is 2. The van der Waals surface area contributed by atoms with Crippen LogP contribution in [-0.4, -0.2) is 48.4 Å². The minimum Gasteiger partial charge on any atom is -0.342 e. The summed E-state index contributed by atoms with van der Waals surface area (Å²) in [5.74, 6) is 1.21. The third-order valence-corrected chi connectivity index (χ3v) is 6.05. The first kappa shape index (κ1) is 17.2. The van der Waals surface area contributed by atoms with Crippen LogP contribution >= 0.6 is 0 Å². The first-order valence-corrected chi connectivity index (χ1v) is 9.96. The quantitative estimate of drug-likeness (QED) is 0.685. The smallest absolute Gasteiger partial charge is 0.226 e. The molecule has 0 N–H and O–H groups in total. The molecule has 3 aromatic rings. The van der Waals surface area contributed by atoms with Gasteiger partial charge in [-0.25, -0.2) is 4.98 Å². The maximum absolute atomic E-state index is 13.2. The lowest BCUT2D eigenvalue weighted by Gasteiger charge is -2.28. The minimum absolute atomic E-state index is 0.0182. The summed E-state index contributed by atoms with van der Waals surface area (Å²) in [6, 6.07) is 10.3. The summed E-state index contributed by atoms with van der Waals surface area (Å²) in [4.78, 5) is 19.5. The molecule has 0 radical (unpaired) electrons. The third kappa shape index (κ3) is 2.91. The van der Waals surface area contributed by atoms with Crippen LogP contribution in [0.3, 0.4) is 0 Å². The first-order chi connectivity index (χ1) is 13.7. The number of hydrogen-bond acceptors (Lipinski definition) is 4. The summed E-state index contributed by atoms with van der Waals surface area (Å²) in [6.45, 7) is 2.28. The van der Waals surface area contributed by atoms with Crippen LogP contribution in [0.1, 0.15) is 23.5 Å². The number of aromatic nitrogens is 5. The zero-order chi connectivity index (χ0) is 19.1. The molecule has 1 aromatic carbocycles. The van der Waals surface area contributed by atoms with Gasteiger partial charge in [-0.2, -0.15) is 10.2 Å². The molecule has 7 nitrogen and oxygen atoms in total. The van der Waals surface area contributed by atoms with Crippen LogP contribution in [0.25, 0.3) is 11.3 Å². The maximum atomic E-state index is 13.2. The highest BCUT2D eigenvalue weighted by molar-refractivity contribution is 5.79. The first-order valence-electron chi connectivity index (χ1n) is 9.96. The molecule has 144 valence electrons. The molecule has 1 unspecified atom stereocenters. The number of rotatable bonds is 2. The van der Waals surface area contributed by atoms with Crippen molar-refractivity contribution in [2.75, 3.05) is 13.1 Å².